The lowest BCUT2D eigenvalue weighted by Gasteiger charge is -2.29. The van der Waals surface area contributed by atoms with Gasteiger partial charge in [0.2, 0.25) is 0 Å². The highest BCUT2D eigenvalue weighted by Crippen LogP contribution is 2.45. The smallest absolute Gasteiger partial charge is 0.0540 e. The van der Waals surface area contributed by atoms with E-state index in [2.05, 4.69) is 347 Å². The molecule has 0 aliphatic rings. The number of hydrogen-bond acceptors (Lipinski definition) is 4. The number of anilines is 12. The molecule has 4 heteroatoms. The van der Waals surface area contributed by atoms with E-state index in [0.29, 0.717) is 0 Å². The van der Waals surface area contributed by atoms with Gasteiger partial charge < -0.3 is 19.6 Å². The van der Waals surface area contributed by atoms with E-state index in [4.69, 9.17) is 0 Å². The molecule has 0 radical (unpaired) electrons. The predicted octanol–water partition coefficient (Wildman–Crippen LogP) is 21.8. The molecule has 0 amide bonds. The van der Waals surface area contributed by atoms with E-state index in [1.165, 1.54) is 43.1 Å². The normalized spacial score (nSPS) is 11.2. The Morgan fingerprint density at radius 1 is 0.150 bits per heavy atom. The van der Waals surface area contributed by atoms with Gasteiger partial charge in [-0.15, -0.1) is 0 Å². The first-order chi connectivity index (χ1) is 39.7. The summed E-state index contributed by atoms with van der Waals surface area (Å²) in [5, 5.41) is 9.62. The molecular weight excluding hydrogens is 969 g/mol. The summed E-state index contributed by atoms with van der Waals surface area (Å²) in [6.07, 6.45) is 0. The van der Waals surface area contributed by atoms with Crippen LogP contribution in [0, 0.1) is 0 Å². The van der Waals surface area contributed by atoms with Gasteiger partial charge in [0.05, 0.1) is 11.4 Å². The quantitative estimate of drug-likeness (QED) is 0.114. The standard InChI is InChI=1S/C76H54N4/c1-3-25-63(26-4-1)79(75-31-15-23-59-19-11-13-29-73(59)75)69-49-45-67(46-50-69)77(71-43-37-55-17-7-9-21-61(55)53-71)65-39-33-57(34-40-65)58-35-41-66(42-36-58)78(72-44-38-56-18-8-10-22-62(56)54-72)68-47-51-70(52-48-68)80(64-27-5-2-6-28-64)76-32-16-24-60-20-12-14-30-74(60)76/h1-54H. The van der Waals surface area contributed by atoms with Gasteiger partial charge in [0.1, 0.15) is 0 Å². The maximum Gasteiger partial charge on any atom is 0.0540 e. The van der Waals surface area contributed by atoms with Crippen molar-refractivity contribution >= 4 is 111 Å². The molecule has 80 heavy (non-hydrogen) atoms. The molecule has 0 heterocycles. The third-order valence-corrected chi connectivity index (χ3v) is 15.3. The lowest BCUT2D eigenvalue weighted by Crippen LogP contribution is -2.12. The van der Waals surface area contributed by atoms with Crippen LogP contribution in [0.25, 0.3) is 54.2 Å². The molecule has 14 rings (SSSR count). The van der Waals surface area contributed by atoms with Crippen molar-refractivity contribution in [3.8, 4) is 11.1 Å². The Hall–Kier alpha value is -10.7. The van der Waals surface area contributed by atoms with Crippen LogP contribution in [0.3, 0.4) is 0 Å². The zero-order valence-electron chi connectivity index (χ0n) is 44.0. The van der Waals surface area contributed by atoms with Crippen molar-refractivity contribution in [2.75, 3.05) is 19.6 Å². The van der Waals surface area contributed by atoms with Crippen LogP contribution in [0.2, 0.25) is 0 Å². The topological polar surface area (TPSA) is 13.0 Å². The van der Waals surface area contributed by atoms with E-state index in [1.807, 2.05) is 0 Å². The first-order valence-corrected chi connectivity index (χ1v) is 27.3. The molecule has 0 saturated heterocycles. The summed E-state index contributed by atoms with van der Waals surface area (Å²) in [4.78, 5) is 9.44. The number of benzene rings is 14. The molecule has 0 unspecified atom stereocenters. The van der Waals surface area contributed by atoms with E-state index in [1.54, 1.807) is 0 Å². The Balaban J connectivity index is 0.806. The summed E-state index contributed by atoms with van der Waals surface area (Å²) in [6.45, 7) is 0. The van der Waals surface area contributed by atoms with Crippen LogP contribution in [0.5, 0.6) is 0 Å². The van der Waals surface area contributed by atoms with Gasteiger partial charge in [-0.25, -0.2) is 0 Å². The van der Waals surface area contributed by atoms with Gasteiger partial charge in [-0.3, -0.25) is 0 Å². The minimum absolute atomic E-state index is 1.07. The third kappa shape index (κ3) is 9.21. The van der Waals surface area contributed by atoms with Crippen molar-refractivity contribution in [2.45, 2.75) is 0 Å². The predicted molar refractivity (Wildman–Crippen MR) is 341 cm³/mol. The van der Waals surface area contributed by atoms with Gasteiger partial charge in [-0.1, -0.05) is 194 Å². The van der Waals surface area contributed by atoms with E-state index in [-0.39, 0.29) is 0 Å². The fourth-order valence-electron chi connectivity index (χ4n) is 11.4. The fourth-order valence-corrected chi connectivity index (χ4v) is 11.4. The fraction of sp³-hybridized carbons (Fsp3) is 0. The van der Waals surface area contributed by atoms with Gasteiger partial charge in [0, 0.05) is 67.6 Å². The van der Waals surface area contributed by atoms with E-state index in [9.17, 15) is 0 Å². The van der Waals surface area contributed by atoms with Gasteiger partial charge in [0.15, 0.2) is 0 Å². The van der Waals surface area contributed by atoms with Crippen molar-refractivity contribution in [2.24, 2.45) is 0 Å². The minimum Gasteiger partial charge on any atom is -0.310 e. The molecule has 0 aromatic heterocycles. The number of fused-ring (bicyclic) bond motifs is 4. The molecule has 14 aromatic rings. The van der Waals surface area contributed by atoms with Crippen LogP contribution in [-0.4, -0.2) is 0 Å². The van der Waals surface area contributed by atoms with Crippen LogP contribution in [0.1, 0.15) is 0 Å². The Bertz CT molecular complexity index is 4160. The lowest BCUT2D eigenvalue weighted by molar-refractivity contribution is 1.26. The van der Waals surface area contributed by atoms with Crippen LogP contribution in [-0.2, 0) is 0 Å². The summed E-state index contributed by atoms with van der Waals surface area (Å²) < 4.78 is 0. The molecule has 0 saturated carbocycles. The van der Waals surface area contributed by atoms with Gasteiger partial charge in [0.25, 0.3) is 0 Å². The van der Waals surface area contributed by atoms with Crippen LogP contribution in [0.15, 0.2) is 328 Å². The summed E-state index contributed by atoms with van der Waals surface area (Å²) in [5.74, 6) is 0. The zero-order chi connectivity index (χ0) is 53.2. The molecule has 378 valence electrons. The summed E-state index contributed by atoms with van der Waals surface area (Å²) in [7, 11) is 0. The number of rotatable bonds is 13. The van der Waals surface area contributed by atoms with Crippen molar-refractivity contribution in [3.63, 3.8) is 0 Å². The monoisotopic (exact) mass is 1020 g/mol. The SMILES string of the molecule is c1ccc(N(c2ccc(N(c3ccc(-c4ccc(N(c5ccc(N(c6ccccc6)c6cccc7ccccc67)cc5)c5ccc6ccccc6c5)cc4)cc3)c3ccc4ccccc4c3)cc2)c2cccc3ccccc23)cc1. The summed E-state index contributed by atoms with van der Waals surface area (Å²) in [5.41, 5.74) is 15.4. The second-order valence-electron chi connectivity index (χ2n) is 20.2. The molecule has 0 bridgehead atoms. The van der Waals surface area contributed by atoms with E-state index in [0.717, 1.165) is 79.4 Å². The molecule has 0 aliphatic carbocycles. The van der Waals surface area contributed by atoms with E-state index >= 15 is 0 Å². The van der Waals surface area contributed by atoms with Crippen molar-refractivity contribution < 1.29 is 0 Å². The molecule has 4 nitrogen and oxygen atoms in total. The van der Waals surface area contributed by atoms with Gasteiger partial charge >= 0.3 is 0 Å². The molecular formula is C76H54N4. The lowest BCUT2D eigenvalue weighted by atomic mass is 10.0. The Kier molecular flexibility index (Phi) is 12.6. The molecule has 0 spiro atoms. The number of nitrogens with zero attached hydrogens (tertiary/aromatic N) is 4. The maximum atomic E-state index is 2.36. The van der Waals surface area contributed by atoms with Crippen molar-refractivity contribution in [1.82, 2.24) is 0 Å². The average molecular weight is 1020 g/mol. The Labute approximate surface area is 467 Å². The minimum atomic E-state index is 1.07. The highest BCUT2D eigenvalue weighted by molar-refractivity contribution is 6.01. The number of hydrogen-bond donors (Lipinski definition) is 0. The highest BCUT2D eigenvalue weighted by atomic mass is 15.2. The Morgan fingerprint density at radius 2 is 0.412 bits per heavy atom. The molecule has 0 N–H and O–H groups in total. The van der Waals surface area contributed by atoms with Crippen LogP contribution in [0.4, 0.5) is 68.2 Å². The van der Waals surface area contributed by atoms with Gasteiger partial charge in [-0.05, 0) is 177 Å². The summed E-state index contributed by atoms with van der Waals surface area (Å²) >= 11 is 0. The first kappa shape index (κ1) is 47.7. The van der Waals surface area contributed by atoms with Crippen LogP contribution < -0.4 is 19.6 Å². The largest absolute Gasteiger partial charge is 0.310 e. The molecule has 0 atom stereocenters. The van der Waals surface area contributed by atoms with Crippen LogP contribution >= 0.6 is 0 Å². The molecule has 0 fully saturated rings. The molecule has 14 aromatic carbocycles. The maximum absolute atomic E-state index is 2.36. The zero-order valence-corrected chi connectivity index (χ0v) is 44.0. The number of para-hydroxylation sites is 2. The van der Waals surface area contributed by atoms with Gasteiger partial charge in [-0.2, -0.15) is 0 Å². The highest BCUT2D eigenvalue weighted by Gasteiger charge is 2.21. The second kappa shape index (κ2) is 21.0. The third-order valence-electron chi connectivity index (χ3n) is 15.3. The average Bonchev–Trinajstić information content (AvgIpc) is 3.56. The molecule has 0 aliphatic heterocycles. The van der Waals surface area contributed by atoms with E-state index < -0.39 is 0 Å². The summed E-state index contributed by atoms with van der Waals surface area (Å²) in [6, 6.07) is 118. The second-order valence-corrected chi connectivity index (χ2v) is 20.2. The Morgan fingerprint density at radius 3 is 0.787 bits per heavy atom. The van der Waals surface area contributed by atoms with Crippen molar-refractivity contribution in [1.29, 1.82) is 0 Å². The van der Waals surface area contributed by atoms with Crippen molar-refractivity contribution in [3.05, 3.63) is 328 Å². The first-order valence-electron chi connectivity index (χ1n) is 27.3.